The molecule has 0 aliphatic carbocycles. The van der Waals surface area contributed by atoms with E-state index in [0.717, 1.165) is 27.9 Å². The molecule has 3 heterocycles. The highest BCUT2D eigenvalue weighted by atomic mass is 35.5. The molecule has 1 N–H and O–H groups in total. The Labute approximate surface area is 183 Å². The van der Waals surface area contributed by atoms with E-state index in [1.807, 2.05) is 59.5 Å². The average Bonchev–Trinajstić information content (AvgIpc) is 3.31. The highest BCUT2D eigenvalue weighted by Crippen LogP contribution is 2.44. The molecule has 0 radical (unpaired) electrons. The lowest BCUT2D eigenvalue weighted by atomic mass is 9.96. The monoisotopic (exact) mass is 434 g/mol. The summed E-state index contributed by atoms with van der Waals surface area (Å²) in [4.78, 5) is 19.3. The number of halogens is 2. The van der Waals surface area contributed by atoms with Gasteiger partial charge < -0.3 is 4.90 Å². The van der Waals surface area contributed by atoms with Crippen LogP contribution in [-0.2, 0) is 6.54 Å². The van der Waals surface area contributed by atoms with Gasteiger partial charge in [-0.25, -0.2) is 0 Å². The molecule has 30 heavy (non-hydrogen) atoms. The van der Waals surface area contributed by atoms with Gasteiger partial charge in [0, 0.05) is 30.1 Å². The van der Waals surface area contributed by atoms with Crippen LogP contribution in [0.3, 0.4) is 0 Å². The van der Waals surface area contributed by atoms with Crippen LogP contribution >= 0.6 is 23.2 Å². The number of nitrogens with zero attached hydrogens (tertiary/aromatic N) is 3. The van der Waals surface area contributed by atoms with Crippen molar-refractivity contribution in [1.82, 2.24) is 20.1 Å². The fourth-order valence-electron chi connectivity index (χ4n) is 3.89. The van der Waals surface area contributed by atoms with Crippen molar-refractivity contribution in [2.75, 3.05) is 0 Å². The van der Waals surface area contributed by atoms with Crippen LogP contribution in [0, 0.1) is 0 Å². The van der Waals surface area contributed by atoms with E-state index in [1.165, 1.54) is 0 Å². The van der Waals surface area contributed by atoms with E-state index >= 15 is 0 Å². The quantitative estimate of drug-likeness (QED) is 0.459. The first-order chi connectivity index (χ1) is 14.6. The van der Waals surface area contributed by atoms with Gasteiger partial charge in [-0.3, -0.25) is 14.9 Å². The minimum atomic E-state index is -0.343. The molecule has 1 aliphatic heterocycles. The molecule has 5 nitrogen and oxygen atoms in total. The van der Waals surface area contributed by atoms with Crippen molar-refractivity contribution in [3.63, 3.8) is 0 Å². The third kappa shape index (κ3) is 3.16. The number of aromatic amines is 1. The second kappa shape index (κ2) is 7.59. The first kappa shape index (κ1) is 18.9. The number of fused-ring (bicyclic) bond motifs is 1. The van der Waals surface area contributed by atoms with E-state index in [-0.39, 0.29) is 11.9 Å². The fraction of sp³-hybridized carbons (Fsp3) is 0.0870. The summed E-state index contributed by atoms with van der Waals surface area (Å²) in [5, 5.41) is 8.36. The lowest BCUT2D eigenvalue weighted by Crippen LogP contribution is -2.29. The molecular formula is C23H16Cl2N4O. The third-order valence-corrected chi connectivity index (χ3v) is 6.01. The van der Waals surface area contributed by atoms with Gasteiger partial charge in [-0.2, -0.15) is 5.10 Å². The zero-order valence-electron chi connectivity index (χ0n) is 15.7. The van der Waals surface area contributed by atoms with Crippen molar-refractivity contribution in [3.05, 3.63) is 105 Å². The molecule has 0 saturated carbocycles. The van der Waals surface area contributed by atoms with Crippen LogP contribution in [0.5, 0.6) is 0 Å². The van der Waals surface area contributed by atoms with Crippen molar-refractivity contribution in [2.45, 2.75) is 12.6 Å². The number of benzene rings is 2. The highest BCUT2D eigenvalue weighted by Gasteiger charge is 2.42. The van der Waals surface area contributed by atoms with E-state index in [2.05, 4.69) is 15.2 Å². The highest BCUT2D eigenvalue weighted by molar-refractivity contribution is 6.42. The van der Waals surface area contributed by atoms with Crippen molar-refractivity contribution in [1.29, 1.82) is 0 Å². The molecule has 2 aromatic heterocycles. The lowest BCUT2D eigenvalue weighted by molar-refractivity contribution is 0.0730. The molecule has 7 heteroatoms. The number of hydrogen-bond donors (Lipinski definition) is 1. The summed E-state index contributed by atoms with van der Waals surface area (Å²) in [6.07, 6.45) is 3.44. The maximum Gasteiger partial charge on any atom is 0.273 e. The first-order valence-corrected chi connectivity index (χ1v) is 10.2. The summed E-state index contributed by atoms with van der Waals surface area (Å²) in [5.41, 5.74) is 4.91. The molecule has 0 fully saturated rings. The summed E-state index contributed by atoms with van der Waals surface area (Å²) < 4.78 is 0. The molecule has 0 saturated heterocycles. The van der Waals surface area contributed by atoms with Crippen LogP contribution in [0.15, 0.2) is 73.1 Å². The molecule has 0 bridgehead atoms. The molecule has 1 unspecified atom stereocenters. The Hall–Kier alpha value is -3.15. The minimum absolute atomic E-state index is 0.104. The van der Waals surface area contributed by atoms with Gasteiger partial charge in [0.25, 0.3) is 5.91 Å². The second-order valence-electron chi connectivity index (χ2n) is 7.09. The molecule has 1 atom stereocenters. The van der Waals surface area contributed by atoms with Crippen LogP contribution in [-0.4, -0.2) is 26.0 Å². The molecule has 0 spiro atoms. The van der Waals surface area contributed by atoms with Gasteiger partial charge in [-0.15, -0.1) is 0 Å². The normalized spacial score (nSPS) is 15.5. The predicted molar refractivity (Wildman–Crippen MR) is 116 cm³/mol. The maximum absolute atomic E-state index is 13.4. The molecular weight excluding hydrogens is 419 g/mol. The summed E-state index contributed by atoms with van der Waals surface area (Å²) in [5.74, 6) is -0.104. The summed E-state index contributed by atoms with van der Waals surface area (Å²) in [6.45, 7) is 0.434. The third-order valence-electron chi connectivity index (χ3n) is 5.27. The van der Waals surface area contributed by atoms with Gasteiger partial charge in [-0.05, 0) is 35.4 Å². The van der Waals surface area contributed by atoms with Gasteiger partial charge in [0.2, 0.25) is 0 Å². The van der Waals surface area contributed by atoms with Crippen LogP contribution in [0.4, 0.5) is 0 Å². The number of nitrogens with one attached hydrogen (secondary N) is 1. The largest absolute Gasteiger partial charge is 0.322 e. The van der Waals surface area contributed by atoms with E-state index in [0.29, 0.717) is 22.3 Å². The number of H-pyrrole nitrogens is 1. The van der Waals surface area contributed by atoms with Crippen LogP contribution < -0.4 is 0 Å². The van der Waals surface area contributed by atoms with E-state index in [4.69, 9.17) is 23.2 Å². The summed E-state index contributed by atoms with van der Waals surface area (Å²) in [6, 6.07) is 18.8. The maximum atomic E-state index is 13.4. The Morgan fingerprint density at radius 3 is 2.47 bits per heavy atom. The number of hydrogen-bond acceptors (Lipinski definition) is 3. The standard InChI is InChI=1S/C23H16Cl2N4O/c24-17-7-6-16(12-18(17)25)22-19-20(15-4-2-1-3-5-15)27-28-21(19)23(30)29(22)13-14-8-10-26-11-9-14/h1-12,22H,13H2,(H,27,28). The molecule has 148 valence electrons. The number of pyridine rings is 1. The van der Waals surface area contributed by atoms with Crippen molar-refractivity contribution in [2.24, 2.45) is 0 Å². The van der Waals surface area contributed by atoms with Gasteiger partial charge >= 0.3 is 0 Å². The van der Waals surface area contributed by atoms with Crippen molar-refractivity contribution < 1.29 is 4.79 Å². The number of carbonyl (C=O) groups is 1. The first-order valence-electron chi connectivity index (χ1n) is 9.42. The minimum Gasteiger partial charge on any atom is -0.322 e. The second-order valence-corrected chi connectivity index (χ2v) is 7.91. The molecule has 4 aromatic rings. The predicted octanol–water partition coefficient (Wildman–Crippen LogP) is 5.52. The Morgan fingerprint density at radius 2 is 1.73 bits per heavy atom. The van der Waals surface area contributed by atoms with Crippen LogP contribution in [0.25, 0.3) is 11.3 Å². The topological polar surface area (TPSA) is 61.9 Å². The van der Waals surface area contributed by atoms with Gasteiger partial charge in [-0.1, -0.05) is 59.6 Å². The summed E-state index contributed by atoms with van der Waals surface area (Å²) >= 11 is 12.5. The van der Waals surface area contributed by atoms with Gasteiger partial charge in [0.15, 0.2) is 0 Å². The van der Waals surface area contributed by atoms with Gasteiger partial charge in [0.05, 0.1) is 21.8 Å². The van der Waals surface area contributed by atoms with Crippen LogP contribution in [0.2, 0.25) is 10.0 Å². The van der Waals surface area contributed by atoms with Crippen molar-refractivity contribution >= 4 is 29.1 Å². The zero-order valence-corrected chi connectivity index (χ0v) is 17.2. The zero-order chi connectivity index (χ0) is 20.7. The van der Waals surface area contributed by atoms with E-state index in [1.54, 1.807) is 18.5 Å². The fourth-order valence-corrected chi connectivity index (χ4v) is 4.20. The Kier molecular flexibility index (Phi) is 4.77. The smallest absolute Gasteiger partial charge is 0.273 e. The lowest BCUT2D eigenvalue weighted by Gasteiger charge is -2.26. The number of carbonyl (C=O) groups excluding carboxylic acids is 1. The Bertz CT molecular complexity index is 1220. The molecule has 5 rings (SSSR count). The Morgan fingerprint density at radius 1 is 0.967 bits per heavy atom. The summed E-state index contributed by atoms with van der Waals surface area (Å²) in [7, 11) is 0. The van der Waals surface area contributed by atoms with Crippen LogP contribution in [0.1, 0.15) is 33.2 Å². The number of aromatic nitrogens is 3. The van der Waals surface area contributed by atoms with Gasteiger partial charge in [0.1, 0.15) is 5.69 Å². The molecule has 1 aliphatic rings. The molecule has 2 aromatic carbocycles. The molecule has 1 amide bonds. The Balaban J connectivity index is 1.67. The number of rotatable bonds is 4. The van der Waals surface area contributed by atoms with Crippen molar-refractivity contribution in [3.8, 4) is 11.3 Å². The number of amides is 1. The van der Waals surface area contributed by atoms with E-state index in [9.17, 15) is 4.79 Å². The average molecular weight is 435 g/mol. The SMILES string of the molecule is O=C1c2[nH]nc(-c3ccccc3)c2C(c2ccc(Cl)c(Cl)c2)N1Cc1ccncc1. The van der Waals surface area contributed by atoms with E-state index < -0.39 is 0 Å².